The number of hydrogen-bond donors (Lipinski definition) is 1. The monoisotopic (exact) mass is 254 g/mol. The molecule has 1 N–H and O–H groups in total. The number of nitrogens with zero attached hydrogens (tertiary/aromatic N) is 5. The van der Waals surface area contributed by atoms with Gasteiger partial charge in [0.05, 0.1) is 11.6 Å². The minimum Gasteiger partial charge on any atom is -0.353 e. The molecular weight excluding hydrogens is 240 g/mol. The van der Waals surface area contributed by atoms with Crippen molar-refractivity contribution in [2.75, 3.05) is 38.1 Å². The zero-order valence-electron chi connectivity index (χ0n) is 9.63. The Morgan fingerprint density at radius 1 is 1.18 bits per heavy atom. The van der Waals surface area contributed by atoms with E-state index in [1.165, 1.54) is 0 Å². The minimum absolute atomic E-state index is 0. The third kappa shape index (κ3) is 2.18. The summed E-state index contributed by atoms with van der Waals surface area (Å²) in [4.78, 5) is 13.1. The third-order valence-electron chi connectivity index (χ3n) is 3.03. The molecule has 7 heteroatoms. The van der Waals surface area contributed by atoms with E-state index in [2.05, 4.69) is 37.0 Å². The number of piperazine rings is 1. The van der Waals surface area contributed by atoms with Crippen LogP contribution in [0.25, 0.3) is 11.0 Å². The number of halogens is 1. The molecule has 1 fully saturated rings. The van der Waals surface area contributed by atoms with E-state index in [0.717, 1.165) is 43.0 Å². The Balaban J connectivity index is 0.00000108. The van der Waals surface area contributed by atoms with Crippen LogP contribution < -0.4 is 4.90 Å². The topological polar surface area (TPSA) is 60.9 Å². The number of anilines is 1. The third-order valence-corrected chi connectivity index (χ3v) is 3.03. The van der Waals surface area contributed by atoms with Crippen LogP contribution >= 0.6 is 12.4 Å². The molecule has 2 aromatic heterocycles. The quantitative estimate of drug-likeness (QED) is 0.804. The summed E-state index contributed by atoms with van der Waals surface area (Å²) in [7, 11) is 2.14. The highest BCUT2D eigenvalue weighted by Gasteiger charge is 2.18. The van der Waals surface area contributed by atoms with Crippen molar-refractivity contribution < 1.29 is 0 Å². The van der Waals surface area contributed by atoms with Gasteiger partial charge in [-0.1, -0.05) is 0 Å². The van der Waals surface area contributed by atoms with E-state index in [-0.39, 0.29) is 12.4 Å². The van der Waals surface area contributed by atoms with E-state index >= 15 is 0 Å². The molecule has 92 valence electrons. The lowest BCUT2D eigenvalue weighted by molar-refractivity contribution is 0.312. The summed E-state index contributed by atoms with van der Waals surface area (Å²) in [5.74, 6) is 0.992. The Bertz CT molecular complexity index is 490. The second-order valence-corrected chi connectivity index (χ2v) is 4.12. The smallest absolute Gasteiger partial charge is 0.160 e. The molecule has 0 bridgehead atoms. The molecule has 1 aliphatic heterocycles. The summed E-state index contributed by atoms with van der Waals surface area (Å²) in [6, 6.07) is 0. The van der Waals surface area contributed by atoms with Crippen molar-refractivity contribution in [1.82, 2.24) is 25.1 Å². The lowest BCUT2D eigenvalue weighted by Gasteiger charge is -2.33. The van der Waals surface area contributed by atoms with Crippen molar-refractivity contribution in [3.63, 3.8) is 0 Å². The molecule has 0 unspecified atom stereocenters. The first-order valence-electron chi connectivity index (χ1n) is 5.42. The number of H-pyrrole nitrogens is 1. The van der Waals surface area contributed by atoms with E-state index in [0.29, 0.717) is 0 Å². The van der Waals surface area contributed by atoms with Crippen LogP contribution in [0.5, 0.6) is 0 Å². The fraction of sp³-hybridized carbons (Fsp3) is 0.500. The first kappa shape index (κ1) is 12.1. The Kier molecular flexibility index (Phi) is 3.44. The summed E-state index contributed by atoms with van der Waals surface area (Å²) in [5.41, 5.74) is 0.809. The van der Waals surface area contributed by atoms with Gasteiger partial charge in [-0.15, -0.1) is 12.4 Å². The molecule has 0 amide bonds. The number of fused-ring (bicyclic) bond motifs is 1. The highest BCUT2D eigenvalue weighted by atomic mass is 35.5. The Morgan fingerprint density at radius 2 is 1.94 bits per heavy atom. The van der Waals surface area contributed by atoms with Gasteiger partial charge >= 0.3 is 0 Å². The molecule has 0 aromatic carbocycles. The molecule has 17 heavy (non-hydrogen) atoms. The first-order chi connectivity index (χ1) is 7.84. The van der Waals surface area contributed by atoms with E-state index in [9.17, 15) is 0 Å². The van der Waals surface area contributed by atoms with Gasteiger partial charge in [-0.25, -0.2) is 9.97 Å². The second-order valence-electron chi connectivity index (χ2n) is 4.12. The van der Waals surface area contributed by atoms with Crippen LogP contribution in [-0.2, 0) is 0 Å². The number of aromatic nitrogens is 4. The zero-order chi connectivity index (χ0) is 11.0. The molecular formula is C10H15ClN6. The molecule has 0 saturated carbocycles. The average Bonchev–Trinajstić information content (AvgIpc) is 2.78. The molecule has 0 radical (unpaired) electrons. The van der Waals surface area contributed by atoms with E-state index in [1.807, 2.05) is 0 Å². The normalized spacial score (nSPS) is 17.1. The van der Waals surface area contributed by atoms with Crippen molar-refractivity contribution in [3.8, 4) is 0 Å². The zero-order valence-corrected chi connectivity index (χ0v) is 10.4. The molecule has 6 nitrogen and oxygen atoms in total. The number of hydrogen-bond acceptors (Lipinski definition) is 5. The van der Waals surface area contributed by atoms with Crippen molar-refractivity contribution in [2.45, 2.75) is 0 Å². The molecule has 2 aromatic rings. The predicted octanol–water partition coefficient (Wildman–Crippen LogP) is 0.526. The Hall–Kier alpha value is -1.40. The van der Waals surface area contributed by atoms with Crippen LogP contribution in [0.3, 0.4) is 0 Å². The molecule has 1 aliphatic rings. The molecule has 3 heterocycles. The van der Waals surface area contributed by atoms with Gasteiger partial charge in [0.15, 0.2) is 5.65 Å². The lowest BCUT2D eigenvalue weighted by Crippen LogP contribution is -2.44. The molecule has 0 aliphatic carbocycles. The summed E-state index contributed by atoms with van der Waals surface area (Å²) >= 11 is 0. The van der Waals surface area contributed by atoms with Crippen LogP contribution in [0.2, 0.25) is 0 Å². The van der Waals surface area contributed by atoms with Crippen molar-refractivity contribution in [1.29, 1.82) is 0 Å². The number of aromatic amines is 1. The summed E-state index contributed by atoms with van der Waals surface area (Å²) in [6.07, 6.45) is 3.39. The molecule has 1 saturated heterocycles. The van der Waals surface area contributed by atoms with Crippen LogP contribution in [0.1, 0.15) is 0 Å². The van der Waals surface area contributed by atoms with Crippen molar-refractivity contribution in [3.05, 3.63) is 12.5 Å². The van der Waals surface area contributed by atoms with Crippen LogP contribution in [0.15, 0.2) is 12.5 Å². The van der Waals surface area contributed by atoms with Crippen molar-refractivity contribution >= 4 is 29.3 Å². The minimum atomic E-state index is 0. The van der Waals surface area contributed by atoms with Gasteiger partial charge in [-0.05, 0) is 7.05 Å². The van der Waals surface area contributed by atoms with Crippen LogP contribution in [0, 0.1) is 0 Å². The van der Waals surface area contributed by atoms with Crippen LogP contribution in [0.4, 0.5) is 5.82 Å². The molecule has 3 rings (SSSR count). The second kappa shape index (κ2) is 4.85. The van der Waals surface area contributed by atoms with Gasteiger partial charge in [0.2, 0.25) is 0 Å². The molecule has 0 spiro atoms. The maximum absolute atomic E-state index is 4.36. The largest absolute Gasteiger partial charge is 0.353 e. The maximum atomic E-state index is 4.36. The lowest BCUT2D eigenvalue weighted by atomic mass is 10.3. The number of nitrogens with one attached hydrogen (secondary N) is 1. The Labute approximate surface area is 105 Å². The maximum Gasteiger partial charge on any atom is 0.160 e. The number of rotatable bonds is 1. The highest BCUT2D eigenvalue weighted by Crippen LogP contribution is 2.21. The summed E-state index contributed by atoms with van der Waals surface area (Å²) in [5, 5.41) is 7.88. The Morgan fingerprint density at radius 3 is 2.71 bits per heavy atom. The SMILES string of the molecule is CN1CCN(c2ncnc3[nH]ncc23)CC1.Cl. The highest BCUT2D eigenvalue weighted by molar-refractivity contribution is 5.86. The summed E-state index contributed by atoms with van der Waals surface area (Å²) < 4.78 is 0. The molecule has 0 atom stereocenters. The van der Waals surface area contributed by atoms with E-state index < -0.39 is 0 Å². The van der Waals surface area contributed by atoms with Gasteiger partial charge in [0.1, 0.15) is 12.1 Å². The van der Waals surface area contributed by atoms with Gasteiger partial charge in [0, 0.05) is 26.2 Å². The first-order valence-corrected chi connectivity index (χ1v) is 5.42. The average molecular weight is 255 g/mol. The van der Waals surface area contributed by atoms with Gasteiger partial charge in [0.25, 0.3) is 0 Å². The van der Waals surface area contributed by atoms with E-state index in [4.69, 9.17) is 0 Å². The van der Waals surface area contributed by atoms with E-state index in [1.54, 1.807) is 12.5 Å². The van der Waals surface area contributed by atoms with Crippen molar-refractivity contribution in [2.24, 2.45) is 0 Å². The van der Waals surface area contributed by atoms with Gasteiger partial charge in [-0.2, -0.15) is 5.10 Å². The van der Waals surface area contributed by atoms with Crippen LogP contribution in [-0.4, -0.2) is 58.3 Å². The number of likely N-dealkylation sites (N-methyl/N-ethyl adjacent to an activating group) is 1. The fourth-order valence-electron chi connectivity index (χ4n) is 2.02. The van der Waals surface area contributed by atoms with Gasteiger partial charge < -0.3 is 9.80 Å². The fourth-order valence-corrected chi connectivity index (χ4v) is 2.02. The standard InChI is InChI=1S/C10H14N6.ClH/c1-15-2-4-16(5-3-15)10-8-6-13-14-9(8)11-7-12-10;/h6-7H,2-5H2,1H3,(H,11,12,13,14);1H. The van der Waals surface area contributed by atoms with Gasteiger partial charge in [-0.3, -0.25) is 5.10 Å². The predicted molar refractivity (Wildman–Crippen MR) is 68.6 cm³/mol. The summed E-state index contributed by atoms with van der Waals surface area (Å²) in [6.45, 7) is 4.16.